The highest BCUT2D eigenvalue weighted by molar-refractivity contribution is 9.10. The van der Waals surface area contributed by atoms with Crippen LogP contribution in [-0.2, 0) is 6.54 Å². The molecule has 0 fully saturated rings. The molecule has 0 unspecified atom stereocenters. The molecular formula is C9H8BrN5O3S. The van der Waals surface area contributed by atoms with E-state index in [1.54, 1.807) is 6.20 Å². The highest BCUT2D eigenvalue weighted by Crippen LogP contribution is 2.19. The second-order valence-electron chi connectivity index (χ2n) is 3.51. The predicted octanol–water partition coefficient (Wildman–Crippen LogP) is 1.31. The zero-order valence-corrected chi connectivity index (χ0v) is 11.8. The van der Waals surface area contributed by atoms with E-state index in [0.717, 1.165) is 4.88 Å². The van der Waals surface area contributed by atoms with Gasteiger partial charge in [0.25, 0.3) is 0 Å². The van der Waals surface area contributed by atoms with Crippen molar-refractivity contribution in [2.75, 3.05) is 5.43 Å². The van der Waals surface area contributed by atoms with Crippen molar-refractivity contribution in [1.82, 2.24) is 9.55 Å². The number of rotatable bonds is 4. The molecule has 8 nitrogen and oxygen atoms in total. The van der Waals surface area contributed by atoms with Gasteiger partial charge in [-0.15, -0.1) is 0 Å². The zero-order valence-electron chi connectivity index (χ0n) is 9.37. The van der Waals surface area contributed by atoms with Crippen molar-refractivity contribution in [3.8, 4) is 0 Å². The van der Waals surface area contributed by atoms with E-state index in [4.69, 9.17) is 5.84 Å². The molecule has 0 bridgehead atoms. The summed E-state index contributed by atoms with van der Waals surface area (Å²) in [5, 5.41) is 11.3. The number of hydrogen-bond acceptors (Lipinski definition) is 7. The van der Waals surface area contributed by atoms with Gasteiger partial charge in [0, 0.05) is 27.8 Å². The van der Waals surface area contributed by atoms with Crippen LogP contribution in [0.3, 0.4) is 0 Å². The molecule has 0 radical (unpaired) electrons. The van der Waals surface area contributed by atoms with Crippen LogP contribution in [0.25, 0.3) is 0 Å². The summed E-state index contributed by atoms with van der Waals surface area (Å²) in [7, 11) is 0. The molecule has 0 saturated heterocycles. The fourth-order valence-electron chi connectivity index (χ4n) is 1.45. The van der Waals surface area contributed by atoms with E-state index in [1.165, 1.54) is 28.2 Å². The minimum Gasteiger partial charge on any atom is -0.303 e. The van der Waals surface area contributed by atoms with Gasteiger partial charge < -0.3 is 4.57 Å². The van der Waals surface area contributed by atoms with E-state index in [1.807, 2.05) is 0 Å². The number of hydrogen-bond donors (Lipinski definition) is 2. The Morgan fingerprint density at radius 3 is 2.95 bits per heavy atom. The fourth-order valence-corrected chi connectivity index (χ4v) is 2.63. The Hall–Kier alpha value is -1.78. The minimum absolute atomic E-state index is 0.193. The van der Waals surface area contributed by atoms with Gasteiger partial charge in [-0.05, 0) is 15.9 Å². The molecule has 2 aromatic heterocycles. The van der Waals surface area contributed by atoms with Gasteiger partial charge in [-0.2, -0.15) is 0 Å². The summed E-state index contributed by atoms with van der Waals surface area (Å²) in [5.74, 6) is 5.21. The van der Waals surface area contributed by atoms with Crippen LogP contribution in [-0.4, -0.2) is 14.5 Å². The van der Waals surface area contributed by atoms with Gasteiger partial charge in [0.2, 0.25) is 0 Å². The molecule has 0 spiro atoms. The Balaban J connectivity index is 2.40. The van der Waals surface area contributed by atoms with Crippen LogP contribution in [0.2, 0.25) is 0 Å². The van der Waals surface area contributed by atoms with Crippen molar-refractivity contribution in [2.24, 2.45) is 5.84 Å². The first-order chi connectivity index (χ1) is 9.01. The Labute approximate surface area is 119 Å². The maximum atomic E-state index is 11.9. The SMILES string of the molecule is NNc1ncc(Cn2cc(Br)cc([N+](=O)[O-])c2=O)s1. The lowest BCUT2D eigenvalue weighted by Crippen LogP contribution is -2.22. The first kappa shape index (κ1) is 13.6. The molecular weight excluding hydrogens is 338 g/mol. The number of pyridine rings is 1. The van der Waals surface area contributed by atoms with Crippen LogP contribution in [0.4, 0.5) is 10.8 Å². The average molecular weight is 346 g/mol. The molecule has 0 amide bonds. The molecule has 0 aliphatic rings. The zero-order chi connectivity index (χ0) is 14.0. The van der Waals surface area contributed by atoms with Crippen LogP contribution in [0.1, 0.15) is 4.88 Å². The number of nitro groups is 1. The third-order valence-electron chi connectivity index (χ3n) is 2.23. The van der Waals surface area contributed by atoms with E-state index in [9.17, 15) is 14.9 Å². The van der Waals surface area contributed by atoms with E-state index in [2.05, 4.69) is 26.3 Å². The largest absolute Gasteiger partial charge is 0.335 e. The number of aromatic nitrogens is 2. The number of nitrogens with one attached hydrogen (secondary N) is 1. The third kappa shape index (κ3) is 2.97. The van der Waals surface area contributed by atoms with Crippen molar-refractivity contribution in [3.63, 3.8) is 0 Å². The normalized spacial score (nSPS) is 10.4. The van der Waals surface area contributed by atoms with Gasteiger partial charge in [0.1, 0.15) is 0 Å². The van der Waals surface area contributed by atoms with Crippen molar-refractivity contribution in [1.29, 1.82) is 0 Å². The summed E-state index contributed by atoms with van der Waals surface area (Å²) in [4.78, 5) is 26.7. The number of anilines is 1. The summed E-state index contributed by atoms with van der Waals surface area (Å²) in [5.41, 5.74) is 1.25. The van der Waals surface area contributed by atoms with Gasteiger partial charge in [0.05, 0.1) is 11.5 Å². The molecule has 2 aromatic rings. The Morgan fingerprint density at radius 2 is 2.37 bits per heavy atom. The van der Waals surface area contributed by atoms with Crippen molar-refractivity contribution >= 4 is 38.1 Å². The summed E-state index contributed by atoms with van der Waals surface area (Å²) in [6, 6.07) is 1.18. The molecule has 100 valence electrons. The molecule has 3 N–H and O–H groups in total. The van der Waals surface area contributed by atoms with Crippen LogP contribution in [0.5, 0.6) is 0 Å². The summed E-state index contributed by atoms with van der Waals surface area (Å²) < 4.78 is 1.70. The Morgan fingerprint density at radius 1 is 1.63 bits per heavy atom. The number of nitrogens with two attached hydrogens (primary N) is 1. The smallest absolute Gasteiger partial charge is 0.303 e. The van der Waals surface area contributed by atoms with Gasteiger partial charge in [-0.1, -0.05) is 11.3 Å². The van der Waals surface area contributed by atoms with Crippen molar-refractivity contribution in [3.05, 3.63) is 48.3 Å². The number of halogens is 1. The minimum atomic E-state index is -0.705. The predicted molar refractivity (Wildman–Crippen MR) is 74.1 cm³/mol. The number of hydrazine groups is 1. The lowest BCUT2D eigenvalue weighted by molar-refractivity contribution is -0.386. The fraction of sp³-hybridized carbons (Fsp3) is 0.111. The quantitative estimate of drug-likeness (QED) is 0.490. The lowest BCUT2D eigenvalue weighted by atomic mass is 10.4. The third-order valence-corrected chi connectivity index (χ3v) is 3.58. The maximum absolute atomic E-state index is 11.9. The topological polar surface area (TPSA) is 116 Å². The van der Waals surface area contributed by atoms with E-state index >= 15 is 0 Å². The van der Waals surface area contributed by atoms with Crippen LogP contribution < -0.4 is 16.8 Å². The van der Waals surface area contributed by atoms with Gasteiger partial charge >= 0.3 is 11.2 Å². The van der Waals surface area contributed by atoms with Gasteiger partial charge in [0.15, 0.2) is 5.13 Å². The molecule has 2 rings (SSSR count). The van der Waals surface area contributed by atoms with Crippen LogP contribution in [0.15, 0.2) is 27.7 Å². The second-order valence-corrected chi connectivity index (χ2v) is 5.54. The van der Waals surface area contributed by atoms with Crippen LogP contribution >= 0.6 is 27.3 Å². The summed E-state index contributed by atoms with van der Waals surface area (Å²) in [6.45, 7) is 0.193. The van der Waals surface area contributed by atoms with Gasteiger partial charge in [-0.25, -0.2) is 10.8 Å². The molecule has 2 heterocycles. The first-order valence-corrected chi connectivity index (χ1v) is 6.58. The highest BCUT2D eigenvalue weighted by atomic mass is 79.9. The van der Waals surface area contributed by atoms with E-state index in [-0.39, 0.29) is 6.54 Å². The summed E-state index contributed by atoms with van der Waals surface area (Å²) >= 11 is 4.40. The molecule has 10 heteroatoms. The van der Waals surface area contributed by atoms with E-state index < -0.39 is 16.2 Å². The molecule has 0 aliphatic heterocycles. The van der Waals surface area contributed by atoms with E-state index in [0.29, 0.717) is 9.60 Å². The maximum Gasteiger partial charge on any atom is 0.335 e. The number of nitrogens with zero attached hydrogens (tertiary/aromatic N) is 3. The number of nitrogen functional groups attached to an aromatic ring is 1. The Kier molecular flexibility index (Phi) is 3.93. The molecule has 19 heavy (non-hydrogen) atoms. The number of thiazole rings is 1. The van der Waals surface area contributed by atoms with Gasteiger partial charge in [-0.3, -0.25) is 20.3 Å². The molecule has 0 aromatic carbocycles. The molecule has 0 atom stereocenters. The average Bonchev–Trinajstić information content (AvgIpc) is 2.80. The summed E-state index contributed by atoms with van der Waals surface area (Å²) in [6.07, 6.45) is 3.05. The molecule has 0 aliphatic carbocycles. The second kappa shape index (κ2) is 5.47. The monoisotopic (exact) mass is 345 g/mol. The Bertz CT molecular complexity index is 683. The van der Waals surface area contributed by atoms with Crippen molar-refractivity contribution < 1.29 is 4.92 Å². The lowest BCUT2D eigenvalue weighted by Gasteiger charge is -2.04. The first-order valence-electron chi connectivity index (χ1n) is 4.97. The molecule has 0 saturated carbocycles. The van der Waals surface area contributed by atoms with Crippen molar-refractivity contribution in [2.45, 2.75) is 6.54 Å². The van der Waals surface area contributed by atoms with Crippen LogP contribution in [0, 0.1) is 10.1 Å². The standard InChI is InChI=1S/C9H8BrN5O3S/c10-5-1-7(15(17)18)8(16)14(3-5)4-6-2-12-9(13-11)19-6/h1-3H,4,11H2,(H,12,13). The highest BCUT2D eigenvalue weighted by Gasteiger charge is 2.16.